The average Bonchev–Trinajstić information content (AvgIpc) is 2.32. The van der Waals surface area contributed by atoms with E-state index in [4.69, 9.17) is 11.6 Å². The van der Waals surface area contributed by atoms with Crippen molar-refractivity contribution in [1.82, 2.24) is 0 Å². The van der Waals surface area contributed by atoms with Crippen molar-refractivity contribution in [3.8, 4) is 0 Å². The zero-order valence-corrected chi connectivity index (χ0v) is 14.1. The summed E-state index contributed by atoms with van der Waals surface area (Å²) in [7, 11) is 0. The molecule has 2 aromatic carbocycles. The topological polar surface area (TPSA) is 0 Å². The third-order valence-electron chi connectivity index (χ3n) is 2.39. The molecule has 0 aliphatic carbocycles. The van der Waals surface area contributed by atoms with E-state index in [9.17, 15) is 0 Å². The maximum absolute atomic E-state index is 6.21. The number of rotatable bonds is 2. The number of halogens is 4. The molecule has 0 aliphatic rings. The summed E-state index contributed by atoms with van der Waals surface area (Å²) >= 11 is 16.8. The van der Waals surface area contributed by atoms with E-state index in [0.29, 0.717) is 0 Å². The van der Waals surface area contributed by atoms with Gasteiger partial charge in [-0.25, -0.2) is 0 Å². The SMILES string of the molecule is Clc1ccc(Br)cc1C(Br)c1ccc(Br)cc1. The highest BCUT2D eigenvalue weighted by Gasteiger charge is 2.13. The van der Waals surface area contributed by atoms with Crippen LogP contribution in [0.4, 0.5) is 0 Å². The summed E-state index contributed by atoms with van der Waals surface area (Å²) in [6, 6.07) is 14.1. The molecule has 1 unspecified atom stereocenters. The minimum atomic E-state index is 0.0978. The Hall–Kier alpha value is 0.170. The second-order valence-corrected chi connectivity index (χ2v) is 6.73. The van der Waals surface area contributed by atoms with Crippen LogP contribution in [0.25, 0.3) is 0 Å². The van der Waals surface area contributed by atoms with Crippen LogP contribution < -0.4 is 0 Å². The smallest absolute Gasteiger partial charge is 0.0659 e. The molecule has 0 heterocycles. The summed E-state index contributed by atoms with van der Waals surface area (Å²) in [5, 5.41) is 0.762. The molecule has 2 rings (SSSR count). The lowest BCUT2D eigenvalue weighted by Crippen LogP contribution is -1.93. The van der Waals surface area contributed by atoms with E-state index in [0.717, 1.165) is 19.5 Å². The standard InChI is InChI=1S/C13H8Br3Cl/c14-9-3-1-8(2-4-9)13(16)11-7-10(15)5-6-12(11)17/h1-7,13H. The van der Waals surface area contributed by atoms with Crippen molar-refractivity contribution in [3.63, 3.8) is 0 Å². The van der Waals surface area contributed by atoms with Crippen LogP contribution in [-0.4, -0.2) is 0 Å². The fourth-order valence-corrected chi connectivity index (χ4v) is 3.21. The number of hydrogen-bond donors (Lipinski definition) is 0. The average molecular weight is 439 g/mol. The van der Waals surface area contributed by atoms with Crippen molar-refractivity contribution in [2.75, 3.05) is 0 Å². The summed E-state index contributed by atoms with van der Waals surface area (Å²) < 4.78 is 2.10. The summed E-state index contributed by atoms with van der Waals surface area (Å²) in [5.74, 6) is 0. The Morgan fingerprint density at radius 2 is 1.47 bits per heavy atom. The Balaban J connectivity index is 2.39. The van der Waals surface area contributed by atoms with E-state index < -0.39 is 0 Å². The van der Waals surface area contributed by atoms with Gasteiger partial charge >= 0.3 is 0 Å². The van der Waals surface area contributed by atoms with Gasteiger partial charge in [0.2, 0.25) is 0 Å². The largest absolute Gasteiger partial charge is 0.0840 e. The zero-order valence-electron chi connectivity index (χ0n) is 8.63. The van der Waals surface area contributed by atoms with Gasteiger partial charge in [-0.2, -0.15) is 0 Å². The summed E-state index contributed by atoms with van der Waals surface area (Å²) in [5.41, 5.74) is 2.23. The zero-order chi connectivity index (χ0) is 12.4. The maximum atomic E-state index is 6.21. The molecule has 0 nitrogen and oxygen atoms in total. The first-order valence-corrected chi connectivity index (χ1v) is 7.80. The molecule has 0 saturated heterocycles. The van der Waals surface area contributed by atoms with Crippen LogP contribution in [0.3, 0.4) is 0 Å². The molecule has 0 spiro atoms. The maximum Gasteiger partial charge on any atom is 0.0659 e. The second kappa shape index (κ2) is 5.87. The van der Waals surface area contributed by atoms with E-state index in [1.807, 2.05) is 30.3 Å². The van der Waals surface area contributed by atoms with Crippen molar-refractivity contribution in [1.29, 1.82) is 0 Å². The minimum Gasteiger partial charge on any atom is -0.0840 e. The molecule has 0 radical (unpaired) electrons. The summed E-state index contributed by atoms with van der Waals surface area (Å²) in [4.78, 5) is 0.0978. The first-order valence-electron chi connectivity index (χ1n) is 4.92. The lowest BCUT2D eigenvalue weighted by Gasteiger charge is -2.13. The molecule has 0 fully saturated rings. The fourth-order valence-electron chi connectivity index (χ4n) is 1.52. The van der Waals surface area contributed by atoms with Crippen molar-refractivity contribution in [3.05, 3.63) is 67.6 Å². The van der Waals surface area contributed by atoms with Crippen LogP contribution in [-0.2, 0) is 0 Å². The van der Waals surface area contributed by atoms with Gasteiger partial charge in [-0.15, -0.1) is 0 Å². The lowest BCUT2D eigenvalue weighted by molar-refractivity contribution is 1.17. The van der Waals surface area contributed by atoms with Crippen LogP contribution in [0.2, 0.25) is 5.02 Å². The first kappa shape index (κ1) is 13.6. The predicted molar refractivity (Wildman–Crippen MR) is 84.1 cm³/mol. The van der Waals surface area contributed by atoms with Gasteiger partial charge < -0.3 is 0 Å². The second-order valence-electron chi connectivity index (χ2n) is 3.58. The molecular weight excluding hydrogens is 431 g/mol. The minimum absolute atomic E-state index is 0.0978. The third-order valence-corrected chi connectivity index (χ3v) is 4.78. The molecule has 0 saturated carbocycles. The fraction of sp³-hybridized carbons (Fsp3) is 0.0769. The van der Waals surface area contributed by atoms with Gasteiger partial charge in [0.05, 0.1) is 4.83 Å². The van der Waals surface area contributed by atoms with Crippen LogP contribution >= 0.6 is 59.4 Å². The van der Waals surface area contributed by atoms with E-state index in [-0.39, 0.29) is 4.83 Å². The molecule has 17 heavy (non-hydrogen) atoms. The molecule has 0 aromatic heterocycles. The number of benzene rings is 2. The normalized spacial score (nSPS) is 12.5. The Morgan fingerprint density at radius 3 is 2.12 bits per heavy atom. The molecule has 0 bridgehead atoms. The molecule has 4 heteroatoms. The Bertz CT molecular complexity index is 523. The van der Waals surface area contributed by atoms with Gasteiger partial charge in [0.25, 0.3) is 0 Å². The van der Waals surface area contributed by atoms with Gasteiger partial charge in [-0.05, 0) is 41.5 Å². The predicted octanol–water partition coefficient (Wildman–Crippen LogP) is 6.35. The van der Waals surface area contributed by atoms with Crippen LogP contribution in [0.5, 0.6) is 0 Å². The quantitative estimate of drug-likeness (QED) is 0.479. The van der Waals surface area contributed by atoms with Gasteiger partial charge in [0.15, 0.2) is 0 Å². The van der Waals surface area contributed by atoms with Crippen molar-refractivity contribution >= 4 is 59.4 Å². The molecule has 2 aromatic rings. The Kier molecular flexibility index (Phi) is 4.70. The number of hydrogen-bond acceptors (Lipinski definition) is 0. The molecule has 0 amide bonds. The van der Waals surface area contributed by atoms with Gasteiger partial charge in [0.1, 0.15) is 0 Å². The van der Waals surface area contributed by atoms with Crippen LogP contribution in [0.15, 0.2) is 51.4 Å². The Labute approximate surface area is 131 Å². The van der Waals surface area contributed by atoms with Crippen molar-refractivity contribution < 1.29 is 0 Å². The highest BCUT2D eigenvalue weighted by atomic mass is 79.9. The van der Waals surface area contributed by atoms with E-state index in [1.165, 1.54) is 5.56 Å². The van der Waals surface area contributed by atoms with Gasteiger partial charge in [-0.1, -0.05) is 71.5 Å². The molecular formula is C13H8Br3Cl. The van der Waals surface area contributed by atoms with Crippen LogP contribution in [0, 0.1) is 0 Å². The monoisotopic (exact) mass is 436 g/mol. The Morgan fingerprint density at radius 1 is 0.882 bits per heavy atom. The number of alkyl halides is 1. The molecule has 0 aliphatic heterocycles. The van der Waals surface area contributed by atoms with Crippen LogP contribution in [0.1, 0.15) is 16.0 Å². The molecule has 1 atom stereocenters. The molecule has 0 N–H and O–H groups in total. The van der Waals surface area contributed by atoms with E-state index in [1.54, 1.807) is 0 Å². The summed E-state index contributed by atoms with van der Waals surface area (Å²) in [6.07, 6.45) is 0. The lowest BCUT2D eigenvalue weighted by atomic mass is 10.1. The van der Waals surface area contributed by atoms with Crippen molar-refractivity contribution in [2.24, 2.45) is 0 Å². The van der Waals surface area contributed by atoms with Crippen molar-refractivity contribution in [2.45, 2.75) is 4.83 Å². The van der Waals surface area contributed by atoms with E-state index in [2.05, 4.69) is 59.9 Å². The highest BCUT2D eigenvalue weighted by Crippen LogP contribution is 2.36. The molecule has 88 valence electrons. The first-order chi connectivity index (χ1) is 8.08. The van der Waals surface area contributed by atoms with Gasteiger partial charge in [0, 0.05) is 14.0 Å². The van der Waals surface area contributed by atoms with Gasteiger partial charge in [-0.3, -0.25) is 0 Å². The van der Waals surface area contributed by atoms with E-state index >= 15 is 0 Å². The highest BCUT2D eigenvalue weighted by molar-refractivity contribution is 9.10. The third kappa shape index (κ3) is 3.34. The summed E-state index contributed by atoms with van der Waals surface area (Å²) in [6.45, 7) is 0.